The zero-order valence-corrected chi connectivity index (χ0v) is 14.2. The SMILES string of the molecule is NC(=O)C1Cc2ccccc2CN1S(=O)(=O)CC1CC(C(F)(F)F)C1. The smallest absolute Gasteiger partial charge is 0.368 e. The minimum atomic E-state index is -4.28. The van der Waals surface area contributed by atoms with Gasteiger partial charge in [0.2, 0.25) is 15.9 Å². The molecular formula is C16H19F3N2O3S. The van der Waals surface area contributed by atoms with E-state index in [-0.39, 0.29) is 31.6 Å². The number of nitrogens with zero attached hydrogens (tertiary/aromatic N) is 1. The lowest BCUT2D eigenvalue weighted by Gasteiger charge is -2.39. The lowest BCUT2D eigenvalue weighted by Crippen LogP contribution is -2.53. The van der Waals surface area contributed by atoms with E-state index in [9.17, 15) is 26.4 Å². The summed E-state index contributed by atoms with van der Waals surface area (Å²) in [4.78, 5) is 11.7. The highest BCUT2D eigenvalue weighted by molar-refractivity contribution is 7.89. The van der Waals surface area contributed by atoms with Crippen LogP contribution in [0.1, 0.15) is 24.0 Å². The van der Waals surface area contributed by atoms with Crippen LogP contribution in [0.2, 0.25) is 0 Å². The Morgan fingerprint density at radius 2 is 1.80 bits per heavy atom. The molecule has 1 unspecified atom stereocenters. The lowest BCUT2D eigenvalue weighted by molar-refractivity contribution is -0.202. The van der Waals surface area contributed by atoms with Crippen molar-refractivity contribution >= 4 is 15.9 Å². The quantitative estimate of drug-likeness (QED) is 0.870. The predicted molar refractivity (Wildman–Crippen MR) is 84.7 cm³/mol. The Balaban J connectivity index is 1.75. The molecule has 1 aliphatic carbocycles. The molecule has 1 fully saturated rings. The van der Waals surface area contributed by atoms with E-state index in [1.807, 2.05) is 6.07 Å². The number of fused-ring (bicyclic) bond motifs is 1. The van der Waals surface area contributed by atoms with Crippen molar-refractivity contribution in [1.29, 1.82) is 0 Å². The van der Waals surface area contributed by atoms with Crippen LogP contribution in [0.3, 0.4) is 0 Å². The molecule has 5 nitrogen and oxygen atoms in total. The Hall–Kier alpha value is -1.61. The third-order valence-corrected chi connectivity index (χ3v) is 7.03. The highest BCUT2D eigenvalue weighted by Crippen LogP contribution is 2.45. The Labute approximate surface area is 144 Å². The van der Waals surface area contributed by atoms with Crippen molar-refractivity contribution in [3.63, 3.8) is 0 Å². The summed E-state index contributed by atoms with van der Waals surface area (Å²) >= 11 is 0. The molecule has 25 heavy (non-hydrogen) atoms. The molecule has 1 aromatic carbocycles. The van der Waals surface area contributed by atoms with Crippen molar-refractivity contribution in [2.75, 3.05) is 5.75 Å². The Morgan fingerprint density at radius 3 is 2.36 bits per heavy atom. The molecule has 1 atom stereocenters. The number of nitrogens with two attached hydrogens (primary N) is 1. The summed E-state index contributed by atoms with van der Waals surface area (Å²) in [6, 6.07) is 6.16. The van der Waals surface area contributed by atoms with Gasteiger partial charge in [-0.25, -0.2) is 8.42 Å². The predicted octanol–water partition coefficient (Wildman–Crippen LogP) is 1.82. The van der Waals surface area contributed by atoms with E-state index in [0.717, 1.165) is 15.4 Å². The summed E-state index contributed by atoms with van der Waals surface area (Å²) in [7, 11) is -3.88. The number of alkyl halides is 3. The van der Waals surface area contributed by atoms with Crippen LogP contribution in [0, 0.1) is 11.8 Å². The molecule has 138 valence electrons. The first-order valence-corrected chi connectivity index (χ1v) is 9.61. The van der Waals surface area contributed by atoms with E-state index in [0.29, 0.717) is 0 Å². The van der Waals surface area contributed by atoms with Gasteiger partial charge in [-0.3, -0.25) is 4.79 Å². The number of rotatable bonds is 4. The van der Waals surface area contributed by atoms with Gasteiger partial charge in [0.05, 0.1) is 11.7 Å². The normalized spacial score (nSPS) is 27.4. The first kappa shape index (κ1) is 18.2. The van der Waals surface area contributed by atoms with Crippen LogP contribution in [0.4, 0.5) is 13.2 Å². The van der Waals surface area contributed by atoms with E-state index in [1.54, 1.807) is 18.2 Å². The fourth-order valence-corrected chi connectivity index (χ4v) is 5.53. The molecule has 1 amide bonds. The van der Waals surface area contributed by atoms with Gasteiger partial charge in [-0.1, -0.05) is 24.3 Å². The number of sulfonamides is 1. The molecule has 0 spiro atoms. The molecule has 0 radical (unpaired) electrons. The second-order valence-electron chi connectivity index (χ2n) is 6.79. The van der Waals surface area contributed by atoms with Gasteiger partial charge in [-0.2, -0.15) is 17.5 Å². The molecule has 1 saturated carbocycles. The Kier molecular flexibility index (Phi) is 4.57. The monoisotopic (exact) mass is 376 g/mol. The number of benzene rings is 1. The van der Waals surface area contributed by atoms with Crippen LogP contribution in [0.15, 0.2) is 24.3 Å². The average molecular weight is 376 g/mol. The van der Waals surface area contributed by atoms with E-state index in [4.69, 9.17) is 5.73 Å². The molecule has 1 aromatic rings. The zero-order valence-electron chi connectivity index (χ0n) is 13.4. The summed E-state index contributed by atoms with van der Waals surface area (Å²) in [5, 5.41) is 0. The summed E-state index contributed by atoms with van der Waals surface area (Å²) < 4.78 is 64.2. The van der Waals surface area contributed by atoms with Crippen molar-refractivity contribution in [3.8, 4) is 0 Å². The van der Waals surface area contributed by atoms with Crippen LogP contribution in [0.5, 0.6) is 0 Å². The van der Waals surface area contributed by atoms with Gasteiger partial charge < -0.3 is 5.73 Å². The van der Waals surface area contributed by atoms with Gasteiger partial charge in [-0.15, -0.1) is 0 Å². The maximum absolute atomic E-state index is 12.7. The number of hydrogen-bond donors (Lipinski definition) is 1. The number of primary amides is 1. The maximum Gasteiger partial charge on any atom is 0.391 e. The highest BCUT2D eigenvalue weighted by Gasteiger charge is 2.49. The number of amides is 1. The Morgan fingerprint density at radius 1 is 1.20 bits per heavy atom. The van der Waals surface area contributed by atoms with Crippen molar-refractivity contribution < 1.29 is 26.4 Å². The minimum Gasteiger partial charge on any atom is -0.368 e. The number of halogens is 3. The van der Waals surface area contributed by atoms with E-state index in [2.05, 4.69) is 0 Å². The minimum absolute atomic E-state index is 0.0154. The van der Waals surface area contributed by atoms with Gasteiger partial charge in [0.15, 0.2) is 0 Å². The van der Waals surface area contributed by atoms with Crippen LogP contribution in [-0.4, -0.2) is 36.6 Å². The number of carbonyl (C=O) groups is 1. The largest absolute Gasteiger partial charge is 0.391 e. The second kappa shape index (κ2) is 6.28. The molecule has 2 aliphatic rings. The van der Waals surface area contributed by atoms with Crippen LogP contribution in [0.25, 0.3) is 0 Å². The van der Waals surface area contributed by atoms with E-state index in [1.165, 1.54) is 0 Å². The van der Waals surface area contributed by atoms with Crippen molar-refractivity contribution in [1.82, 2.24) is 4.31 Å². The lowest BCUT2D eigenvalue weighted by atomic mass is 9.75. The van der Waals surface area contributed by atoms with Crippen molar-refractivity contribution in [2.24, 2.45) is 17.6 Å². The third kappa shape index (κ3) is 3.67. The topological polar surface area (TPSA) is 80.5 Å². The molecular weight excluding hydrogens is 357 g/mol. The molecule has 0 saturated heterocycles. The van der Waals surface area contributed by atoms with Gasteiger partial charge in [-0.05, 0) is 36.3 Å². The number of carbonyl (C=O) groups excluding carboxylic acids is 1. The molecule has 0 aromatic heterocycles. The standard InChI is InChI=1S/C16H19F3N2O3S/c17-16(18,19)13-5-10(6-13)9-25(23,24)21-8-12-4-2-1-3-11(12)7-14(21)15(20)22/h1-4,10,13-14H,5-9H2,(H2,20,22). The summed E-state index contributed by atoms with van der Waals surface area (Å²) in [6.07, 6.45) is -4.47. The fraction of sp³-hybridized carbons (Fsp3) is 0.562. The highest BCUT2D eigenvalue weighted by atomic mass is 32.2. The first-order valence-electron chi connectivity index (χ1n) is 8.00. The molecule has 3 rings (SSSR count). The van der Waals surface area contributed by atoms with Crippen LogP contribution < -0.4 is 5.73 Å². The summed E-state index contributed by atoms with van der Waals surface area (Å²) in [5.41, 5.74) is 7.02. The fourth-order valence-electron chi connectivity index (χ4n) is 3.57. The van der Waals surface area contributed by atoms with Gasteiger partial charge in [0, 0.05) is 6.54 Å². The van der Waals surface area contributed by atoms with Gasteiger partial charge >= 0.3 is 6.18 Å². The Bertz CT molecular complexity index is 773. The van der Waals surface area contributed by atoms with Crippen LogP contribution in [-0.2, 0) is 27.8 Å². The molecule has 2 N–H and O–H groups in total. The van der Waals surface area contributed by atoms with E-state index >= 15 is 0 Å². The molecule has 9 heteroatoms. The van der Waals surface area contributed by atoms with Crippen molar-refractivity contribution in [3.05, 3.63) is 35.4 Å². The van der Waals surface area contributed by atoms with Crippen LogP contribution >= 0.6 is 0 Å². The van der Waals surface area contributed by atoms with E-state index < -0.39 is 40.0 Å². The molecule has 1 aliphatic heterocycles. The number of hydrogen-bond acceptors (Lipinski definition) is 3. The maximum atomic E-state index is 12.7. The summed E-state index contributed by atoms with van der Waals surface area (Å²) in [6.45, 7) is 0.0154. The molecule has 0 bridgehead atoms. The second-order valence-corrected chi connectivity index (χ2v) is 8.76. The molecule has 1 heterocycles. The first-order chi connectivity index (χ1) is 11.6. The third-order valence-electron chi connectivity index (χ3n) is 5.04. The van der Waals surface area contributed by atoms with Gasteiger partial charge in [0.25, 0.3) is 0 Å². The van der Waals surface area contributed by atoms with Crippen molar-refractivity contribution in [2.45, 2.75) is 38.0 Å². The van der Waals surface area contributed by atoms with Gasteiger partial charge in [0.1, 0.15) is 6.04 Å². The average Bonchev–Trinajstić information content (AvgIpc) is 2.48. The zero-order chi connectivity index (χ0) is 18.4. The summed E-state index contributed by atoms with van der Waals surface area (Å²) in [5.74, 6) is -3.10.